The normalized spacial score (nSPS) is 39.0. The van der Waals surface area contributed by atoms with Gasteiger partial charge in [0.1, 0.15) is 0 Å². The molecule has 0 saturated heterocycles. The highest BCUT2D eigenvalue weighted by molar-refractivity contribution is 4.98. The van der Waals surface area contributed by atoms with Gasteiger partial charge >= 0.3 is 0 Å². The van der Waals surface area contributed by atoms with Gasteiger partial charge in [0.25, 0.3) is 0 Å². The van der Waals surface area contributed by atoms with Gasteiger partial charge in [-0.1, -0.05) is 53.4 Å². The Morgan fingerprint density at radius 3 is 2.36 bits per heavy atom. The molecule has 0 aromatic rings. The number of nitrogens with two attached hydrogens (primary N) is 1. The molecule has 0 radical (unpaired) electrons. The van der Waals surface area contributed by atoms with Crippen LogP contribution in [0.5, 0.6) is 0 Å². The summed E-state index contributed by atoms with van der Waals surface area (Å²) < 4.78 is 0. The van der Waals surface area contributed by atoms with Gasteiger partial charge in [-0.05, 0) is 24.2 Å². The highest BCUT2D eigenvalue weighted by Gasteiger charge is 2.42. The predicted octanol–water partition coefficient (Wildman–Crippen LogP) is 3.58. The van der Waals surface area contributed by atoms with Crippen LogP contribution in [0.25, 0.3) is 0 Å². The van der Waals surface area contributed by atoms with Gasteiger partial charge in [-0.25, -0.2) is 0 Å². The van der Waals surface area contributed by atoms with Crippen molar-refractivity contribution in [2.75, 3.05) is 0 Å². The van der Waals surface area contributed by atoms with Crippen molar-refractivity contribution in [2.45, 2.75) is 65.3 Å². The maximum Gasteiger partial charge on any atom is 0.0211 e. The molecule has 0 aromatic heterocycles. The minimum Gasteiger partial charge on any atom is -0.325 e. The Balaban J connectivity index is 2.78. The molecule has 0 amide bonds. The van der Waals surface area contributed by atoms with Crippen LogP contribution in [0, 0.1) is 17.8 Å². The summed E-state index contributed by atoms with van der Waals surface area (Å²) in [5.74, 6) is 2.23. The highest BCUT2D eigenvalue weighted by Crippen LogP contribution is 2.42. The van der Waals surface area contributed by atoms with E-state index in [1.54, 1.807) is 0 Å². The lowest BCUT2D eigenvalue weighted by Gasteiger charge is -2.48. The van der Waals surface area contributed by atoms with Gasteiger partial charge in [0, 0.05) is 5.54 Å². The molecule has 0 spiro atoms. The van der Waals surface area contributed by atoms with Crippen LogP contribution in [0.2, 0.25) is 0 Å². The van der Waals surface area contributed by atoms with Crippen molar-refractivity contribution in [3.63, 3.8) is 0 Å². The fourth-order valence-corrected chi connectivity index (χ4v) is 3.36. The first-order valence-corrected chi connectivity index (χ1v) is 6.35. The summed E-state index contributed by atoms with van der Waals surface area (Å²) in [4.78, 5) is 0. The van der Waals surface area contributed by atoms with Crippen LogP contribution < -0.4 is 5.73 Å². The average molecular weight is 197 g/mol. The SMILES string of the molecule is CCC(CC)C1(N)CCCC(C)C1C. The molecule has 1 rings (SSSR count). The maximum atomic E-state index is 6.66. The minimum atomic E-state index is 0.126. The quantitative estimate of drug-likeness (QED) is 0.735. The Hall–Kier alpha value is -0.0400. The molecule has 84 valence electrons. The van der Waals surface area contributed by atoms with E-state index in [4.69, 9.17) is 5.73 Å². The van der Waals surface area contributed by atoms with Gasteiger partial charge in [-0.2, -0.15) is 0 Å². The van der Waals surface area contributed by atoms with E-state index in [0.717, 1.165) is 11.8 Å². The van der Waals surface area contributed by atoms with Crippen molar-refractivity contribution < 1.29 is 0 Å². The van der Waals surface area contributed by atoms with E-state index in [-0.39, 0.29) is 5.54 Å². The zero-order valence-electron chi connectivity index (χ0n) is 10.3. The molecule has 14 heavy (non-hydrogen) atoms. The van der Waals surface area contributed by atoms with Crippen LogP contribution in [0.1, 0.15) is 59.8 Å². The first-order chi connectivity index (χ1) is 6.56. The molecule has 0 aliphatic heterocycles. The van der Waals surface area contributed by atoms with E-state index in [0.29, 0.717) is 5.92 Å². The van der Waals surface area contributed by atoms with Crippen LogP contribution in [0.3, 0.4) is 0 Å². The van der Waals surface area contributed by atoms with E-state index in [2.05, 4.69) is 27.7 Å². The molecule has 1 saturated carbocycles. The minimum absolute atomic E-state index is 0.126. The third-order valence-electron chi connectivity index (χ3n) is 4.72. The Kier molecular flexibility index (Phi) is 4.00. The van der Waals surface area contributed by atoms with E-state index in [1.807, 2.05) is 0 Å². The number of hydrogen-bond acceptors (Lipinski definition) is 1. The van der Waals surface area contributed by atoms with Crippen molar-refractivity contribution in [3.8, 4) is 0 Å². The monoisotopic (exact) mass is 197 g/mol. The first-order valence-electron chi connectivity index (χ1n) is 6.35. The zero-order valence-corrected chi connectivity index (χ0v) is 10.3. The van der Waals surface area contributed by atoms with Crippen molar-refractivity contribution >= 4 is 0 Å². The third-order valence-corrected chi connectivity index (χ3v) is 4.72. The maximum absolute atomic E-state index is 6.66. The molecule has 1 aliphatic carbocycles. The van der Waals surface area contributed by atoms with E-state index >= 15 is 0 Å². The largest absolute Gasteiger partial charge is 0.325 e. The second kappa shape index (κ2) is 4.65. The summed E-state index contributed by atoms with van der Waals surface area (Å²) in [5.41, 5.74) is 6.78. The molecule has 1 nitrogen and oxygen atoms in total. The molecule has 2 N–H and O–H groups in total. The van der Waals surface area contributed by atoms with Crippen LogP contribution in [-0.2, 0) is 0 Å². The summed E-state index contributed by atoms with van der Waals surface area (Å²) in [5, 5.41) is 0. The highest BCUT2D eigenvalue weighted by atomic mass is 14.8. The topological polar surface area (TPSA) is 26.0 Å². The predicted molar refractivity (Wildman–Crippen MR) is 63.2 cm³/mol. The fraction of sp³-hybridized carbons (Fsp3) is 1.00. The van der Waals surface area contributed by atoms with E-state index < -0.39 is 0 Å². The van der Waals surface area contributed by atoms with Gasteiger partial charge in [0.15, 0.2) is 0 Å². The Morgan fingerprint density at radius 1 is 1.29 bits per heavy atom. The lowest BCUT2D eigenvalue weighted by atomic mass is 9.62. The van der Waals surface area contributed by atoms with Gasteiger partial charge < -0.3 is 5.73 Å². The second-order valence-corrected chi connectivity index (χ2v) is 5.28. The summed E-state index contributed by atoms with van der Waals surface area (Å²) in [7, 11) is 0. The smallest absolute Gasteiger partial charge is 0.0211 e. The third kappa shape index (κ3) is 1.98. The summed E-state index contributed by atoms with van der Waals surface area (Å²) in [6.45, 7) is 9.31. The molecule has 0 heterocycles. The Labute approximate surface area is 89.5 Å². The van der Waals surface area contributed by atoms with E-state index in [9.17, 15) is 0 Å². The van der Waals surface area contributed by atoms with Crippen molar-refractivity contribution in [2.24, 2.45) is 23.5 Å². The zero-order chi connectivity index (χ0) is 10.8. The van der Waals surface area contributed by atoms with Crippen LogP contribution in [0.15, 0.2) is 0 Å². The number of rotatable bonds is 3. The van der Waals surface area contributed by atoms with Gasteiger partial charge in [-0.3, -0.25) is 0 Å². The van der Waals surface area contributed by atoms with Crippen molar-refractivity contribution in [3.05, 3.63) is 0 Å². The molecule has 1 aliphatic rings. The van der Waals surface area contributed by atoms with Crippen molar-refractivity contribution in [1.29, 1.82) is 0 Å². The molecule has 1 heteroatoms. The summed E-state index contributed by atoms with van der Waals surface area (Å²) in [6.07, 6.45) is 6.43. The molecule has 3 atom stereocenters. The summed E-state index contributed by atoms with van der Waals surface area (Å²) >= 11 is 0. The van der Waals surface area contributed by atoms with Gasteiger partial charge in [0.05, 0.1) is 0 Å². The van der Waals surface area contributed by atoms with Crippen molar-refractivity contribution in [1.82, 2.24) is 0 Å². The fourth-order valence-electron chi connectivity index (χ4n) is 3.36. The Bertz CT molecular complexity index is 170. The lowest BCUT2D eigenvalue weighted by Crippen LogP contribution is -2.56. The van der Waals surface area contributed by atoms with Crippen LogP contribution >= 0.6 is 0 Å². The van der Waals surface area contributed by atoms with Crippen LogP contribution in [-0.4, -0.2) is 5.54 Å². The summed E-state index contributed by atoms with van der Waals surface area (Å²) in [6, 6.07) is 0. The number of hydrogen-bond donors (Lipinski definition) is 1. The molecular weight excluding hydrogens is 170 g/mol. The molecule has 3 unspecified atom stereocenters. The standard InChI is InChI=1S/C13H27N/c1-5-12(6-2)13(14)9-7-8-10(3)11(13)4/h10-12H,5-9,14H2,1-4H3. The first kappa shape index (κ1) is 12.0. The molecule has 0 aromatic carbocycles. The average Bonchev–Trinajstić information content (AvgIpc) is 2.16. The molecule has 0 bridgehead atoms. The van der Waals surface area contributed by atoms with Crippen LogP contribution in [0.4, 0.5) is 0 Å². The van der Waals surface area contributed by atoms with Gasteiger partial charge in [0.2, 0.25) is 0 Å². The molecular formula is C13H27N. The molecule has 1 fully saturated rings. The lowest BCUT2D eigenvalue weighted by molar-refractivity contribution is 0.0802. The Morgan fingerprint density at radius 2 is 1.86 bits per heavy atom. The van der Waals surface area contributed by atoms with Gasteiger partial charge in [-0.15, -0.1) is 0 Å². The second-order valence-electron chi connectivity index (χ2n) is 5.28. The van der Waals surface area contributed by atoms with E-state index in [1.165, 1.54) is 32.1 Å².